The van der Waals surface area contributed by atoms with E-state index < -0.39 is 10.0 Å². The number of hydrogen-bond donors (Lipinski definition) is 1. The van der Waals surface area contributed by atoms with Crippen LogP contribution >= 0.6 is 11.6 Å². The molecule has 7 heteroatoms. The lowest BCUT2D eigenvalue weighted by Gasteiger charge is -2.45. The highest BCUT2D eigenvalue weighted by atomic mass is 35.5. The van der Waals surface area contributed by atoms with E-state index in [-0.39, 0.29) is 0 Å². The van der Waals surface area contributed by atoms with Gasteiger partial charge in [0.15, 0.2) is 0 Å². The zero-order chi connectivity index (χ0) is 15.0. The van der Waals surface area contributed by atoms with Gasteiger partial charge in [-0.05, 0) is 24.6 Å². The van der Waals surface area contributed by atoms with Crippen molar-refractivity contribution in [3.63, 3.8) is 0 Å². The lowest BCUT2D eigenvalue weighted by molar-refractivity contribution is 0.0773. The van der Waals surface area contributed by atoms with E-state index in [4.69, 9.17) is 11.6 Å². The van der Waals surface area contributed by atoms with Crippen molar-refractivity contribution in [1.29, 1.82) is 0 Å². The Morgan fingerprint density at radius 2 is 1.90 bits per heavy atom. The molecule has 2 fully saturated rings. The number of rotatable bonds is 3. The van der Waals surface area contributed by atoms with E-state index in [1.54, 1.807) is 29.4 Å². The Labute approximate surface area is 130 Å². The molecule has 1 aromatic carbocycles. The molecule has 0 aromatic heterocycles. The first-order valence-corrected chi connectivity index (χ1v) is 9.01. The molecule has 5 nitrogen and oxygen atoms in total. The normalized spacial score (nSPS) is 22.2. The molecular formula is C14H20ClN3O2S. The van der Waals surface area contributed by atoms with E-state index in [0.29, 0.717) is 29.0 Å². The summed E-state index contributed by atoms with van der Waals surface area (Å²) in [6.45, 7) is 6.91. The molecule has 3 rings (SSSR count). The first-order valence-electron chi connectivity index (χ1n) is 7.19. The average molecular weight is 330 g/mol. The van der Waals surface area contributed by atoms with Gasteiger partial charge in [-0.3, -0.25) is 4.90 Å². The van der Waals surface area contributed by atoms with Crippen molar-refractivity contribution in [3.8, 4) is 0 Å². The molecule has 0 radical (unpaired) electrons. The number of benzene rings is 1. The molecule has 2 aliphatic rings. The van der Waals surface area contributed by atoms with Crippen LogP contribution in [0.2, 0.25) is 5.02 Å². The molecule has 0 unspecified atom stereocenters. The highest BCUT2D eigenvalue weighted by molar-refractivity contribution is 7.89. The lowest BCUT2D eigenvalue weighted by atomic mass is 10.1. The molecule has 21 heavy (non-hydrogen) atoms. The minimum absolute atomic E-state index is 0.328. The van der Waals surface area contributed by atoms with E-state index in [9.17, 15) is 8.42 Å². The summed E-state index contributed by atoms with van der Waals surface area (Å²) in [5.74, 6) is 0. The van der Waals surface area contributed by atoms with Gasteiger partial charge >= 0.3 is 0 Å². The minimum atomic E-state index is -3.42. The third kappa shape index (κ3) is 2.96. The Balaban J connectivity index is 1.71. The monoisotopic (exact) mass is 329 g/mol. The summed E-state index contributed by atoms with van der Waals surface area (Å²) in [5.41, 5.74) is 0.741. The molecule has 0 spiro atoms. The molecular weight excluding hydrogens is 310 g/mol. The Morgan fingerprint density at radius 3 is 2.57 bits per heavy atom. The van der Waals surface area contributed by atoms with Crippen LogP contribution < -0.4 is 5.32 Å². The number of aryl methyl sites for hydroxylation is 1. The highest BCUT2D eigenvalue weighted by Crippen LogP contribution is 2.28. The van der Waals surface area contributed by atoms with Crippen molar-refractivity contribution in [2.24, 2.45) is 0 Å². The van der Waals surface area contributed by atoms with Crippen LogP contribution in [0.1, 0.15) is 5.56 Å². The van der Waals surface area contributed by atoms with Gasteiger partial charge in [0, 0.05) is 50.3 Å². The molecule has 1 N–H and O–H groups in total. The first kappa shape index (κ1) is 15.2. The van der Waals surface area contributed by atoms with Crippen LogP contribution in [0, 0.1) is 6.92 Å². The van der Waals surface area contributed by atoms with Crippen molar-refractivity contribution in [2.45, 2.75) is 17.9 Å². The molecule has 2 heterocycles. The summed E-state index contributed by atoms with van der Waals surface area (Å²) in [6, 6.07) is 5.37. The predicted molar refractivity (Wildman–Crippen MR) is 83.2 cm³/mol. The lowest BCUT2D eigenvalue weighted by Crippen LogP contribution is -2.63. The van der Waals surface area contributed by atoms with Gasteiger partial charge < -0.3 is 5.32 Å². The Bertz CT molecular complexity index is 623. The second kappa shape index (κ2) is 5.85. The molecule has 0 atom stereocenters. The quantitative estimate of drug-likeness (QED) is 0.896. The third-order valence-electron chi connectivity index (χ3n) is 4.26. The maximum atomic E-state index is 12.7. The molecule has 0 bridgehead atoms. The van der Waals surface area contributed by atoms with E-state index in [0.717, 1.165) is 31.7 Å². The van der Waals surface area contributed by atoms with E-state index in [1.165, 1.54) is 0 Å². The summed E-state index contributed by atoms with van der Waals surface area (Å²) in [6.07, 6.45) is 0. The van der Waals surface area contributed by atoms with Gasteiger partial charge in [-0.15, -0.1) is 0 Å². The van der Waals surface area contributed by atoms with E-state index in [1.807, 2.05) is 0 Å². The maximum Gasteiger partial charge on any atom is 0.243 e. The van der Waals surface area contributed by atoms with Crippen molar-refractivity contribution in [2.75, 3.05) is 39.3 Å². The van der Waals surface area contributed by atoms with Crippen molar-refractivity contribution >= 4 is 21.6 Å². The topological polar surface area (TPSA) is 52.7 Å². The number of nitrogens with zero attached hydrogens (tertiary/aromatic N) is 2. The second-order valence-corrected chi connectivity index (χ2v) is 8.01. The number of nitrogens with one attached hydrogen (secondary N) is 1. The molecule has 2 saturated heterocycles. The van der Waals surface area contributed by atoms with Crippen molar-refractivity contribution < 1.29 is 8.42 Å². The van der Waals surface area contributed by atoms with Crippen LogP contribution in [0.3, 0.4) is 0 Å². The first-order chi connectivity index (χ1) is 9.98. The molecule has 1 aromatic rings. The number of sulfonamides is 1. The van der Waals surface area contributed by atoms with Crippen LogP contribution in [0.25, 0.3) is 0 Å². The van der Waals surface area contributed by atoms with Gasteiger partial charge in [-0.25, -0.2) is 8.42 Å². The zero-order valence-corrected chi connectivity index (χ0v) is 13.6. The summed E-state index contributed by atoms with van der Waals surface area (Å²) in [4.78, 5) is 2.70. The van der Waals surface area contributed by atoms with Crippen LogP contribution in [-0.4, -0.2) is 62.9 Å². The van der Waals surface area contributed by atoms with E-state index >= 15 is 0 Å². The second-order valence-electron chi connectivity index (χ2n) is 5.67. The minimum Gasteiger partial charge on any atom is -0.314 e. The summed E-state index contributed by atoms with van der Waals surface area (Å²) in [7, 11) is -3.42. The molecule has 116 valence electrons. The largest absolute Gasteiger partial charge is 0.314 e. The van der Waals surface area contributed by atoms with Gasteiger partial charge in [-0.2, -0.15) is 4.31 Å². The Hall–Kier alpha value is -0.660. The predicted octanol–water partition coefficient (Wildman–Crippen LogP) is 0.927. The smallest absolute Gasteiger partial charge is 0.243 e. The number of piperazine rings is 1. The summed E-state index contributed by atoms with van der Waals surface area (Å²) in [5, 5.41) is 3.77. The van der Waals surface area contributed by atoms with Gasteiger partial charge in [-0.1, -0.05) is 17.7 Å². The van der Waals surface area contributed by atoms with Crippen LogP contribution in [0.4, 0.5) is 0 Å². The molecule has 0 aliphatic carbocycles. The molecule has 0 amide bonds. The van der Waals surface area contributed by atoms with E-state index in [2.05, 4.69) is 10.2 Å². The van der Waals surface area contributed by atoms with Gasteiger partial charge in [0.05, 0.1) is 4.90 Å². The zero-order valence-electron chi connectivity index (χ0n) is 12.0. The molecule has 0 saturated carbocycles. The van der Waals surface area contributed by atoms with Crippen LogP contribution in [-0.2, 0) is 10.0 Å². The highest BCUT2D eigenvalue weighted by Gasteiger charge is 2.40. The van der Waals surface area contributed by atoms with Crippen LogP contribution in [0.15, 0.2) is 23.1 Å². The summed E-state index contributed by atoms with van der Waals surface area (Å²) >= 11 is 5.94. The fraction of sp³-hybridized carbons (Fsp3) is 0.571. The van der Waals surface area contributed by atoms with Crippen molar-refractivity contribution in [3.05, 3.63) is 28.8 Å². The molecule has 2 aliphatic heterocycles. The fourth-order valence-electron chi connectivity index (χ4n) is 2.88. The van der Waals surface area contributed by atoms with Gasteiger partial charge in [0.25, 0.3) is 0 Å². The number of halogens is 1. The standard InChI is InChI=1S/C14H20ClN3O2S/c1-11-2-3-12(15)8-14(11)21(19,20)18-9-13(10-18)17-6-4-16-5-7-17/h2-3,8,13,16H,4-7,9-10H2,1H3. The van der Waals surface area contributed by atoms with Crippen molar-refractivity contribution in [1.82, 2.24) is 14.5 Å². The summed E-state index contributed by atoms with van der Waals surface area (Å²) < 4.78 is 26.9. The SMILES string of the molecule is Cc1ccc(Cl)cc1S(=O)(=O)N1CC(N2CCNCC2)C1. The number of hydrogen-bond acceptors (Lipinski definition) is 4. The fourth-order valence-corrected chi connectivity index (χ4v) is 4.88. The maximum absolute atomic E-state index is 12.7. The van der Waals surface area contributed by atoms with Crippen LogP contribution in [0.5, 0.6) is 0 Å². The average Bonchev–Trinajstić information content (AvgIpc) is 2.40. The Morgan fingerprint density at radius 1 is 1.24 bits per heavy atom. The van der Waals surface area contributed by atoms with Gasteiger partial charge in [0.2, 0.25) is 10.0 Å². The third-order valence-corrected chi connectivity index (χ3v) is 6.47. The van der Waals surface area contributed by atoms with Gasteiger partial charge in [0.1, 0.15) is 0 Å². The Kier molecular flexibility index (Phi) is 4.25.